The van der Waals surface area contributed by atoms with Gasteiger partial charge in [0.1, 0.15) is 11.6 Å². The molecule has 1 saturated heterocycles. The van der Waals surface area contributed by atoms with E-state index >= 15 is 0 Å². The molecule has 2 N–H and O–H groups in total. The number of hydrogen-bond acceptors (Lipinski definition) is 4. The molecule has 0 aliphatic carbocycles. The number of ether oxygens (including phenoxy) is 1. The highest BCUT2D eigenvalue weighted by molar-refractivity contribution is 5.85. The van der Waals surface area contributed by atoms with Gasteiger partial charge >= 0.3 is 12.1 Å². The van der Waals surface area contributed by atoms with Crippen molar-refractivity contribution in [1.29, 1.82) is 0 Å². The Morgan fingerprint density at radius 2 is 1.92 bits per heavy atom. The largest absolute Gasteiger partial charge is 0.480 e. The minimum atomic E-state index is -1.03. The molecule has 24 heavy (non-hydrogen) atoms. The third-order valence-corrected chi connectivity index (χ3v) is 3.77. The summed E-state index contributed by atoms with van der Waals surface area (Å²) < 4.78 is 5.34. The second-order valence-corrected chi connectivity index (χ2v) is 7.79. The maximum Gasteiger partial charge on any atom is 0.410 e. The summed E-state index contributed by atoms with van der Waals surface area (Å²) in [5.74, 6) is -1.58. The Balaban J connectivity index is 2.64. The van der Waals surface area contributed by atoms with Crippen molar-refractivity contribution in [3.05, 3.63) is 0 Å². The molecule has 0 aromatic carbocycles. The maximum atomic E-state index is 12.4. The third kappa shape index (κ3) is 6.76. The topological polar surface area (TPSA) is 95.9 Å². The van der Waals surface area contributed by atoms with E-state index in [2.05, 4.69) is 5.32 Å². The van der Waals surface area contributed by atoms with E-state index in [1.54, 1.807) is 20.8 Å². The van der Waals surface area contributed by atoms with Gasteiger partial charge < -0.3 is 20.1 Å². The second-order valence-electron chi connectivity index (χ2n) is 7.79. The van der Waals surface area contributed by atoms with Crippen LogP contribution in [0.1, 0.15) is 53.9 Å². The molecule has 0 aromatic heterocycles. The number of carboxylic acid groups (broad SMARTS) is 1. The van der Waals surface area contributed by atoms with Crippen LogP contribution in [-0.4, -0.2) is 52.7 Å². The highest BCUT2D eigenvalue weighted by Crippen LogP contribution is 2.20. The Hall–Kier alpha value is -1.79. The molecule has 138 valence electrons. The van der Waals surface area contributed by atoms with Crippen LogP contribution in [0.5, 0.6) is 0 Å². The van der Waals surface area contributed by atoms with E-state index in [1.165, 1.54) is 4.90 Å². The molecule has 0 saturated carbocycles. The number of carbonyl (C=O) groups excluding carboxylic acids is 2. The monoisotopic (exact) mass is 342 g/mol. The number of carboxylic acids is 1. The zero-order valence-corrected chi connectivity index (χ0v) is 15.3. The van der Waals surface area contributed by atoms with E-state index in [4.69, 9.17) is 4.74 Å². The van der Waals surface area contributed by atoms with Gasteiger partial charge in [-0.2, -0.15) is 0 Å². The van der Waals surface area contributed by atoms with Gasteiger partial charge in [0, 0.05) is 13.1 Å². The van der Waals surface area contributed by atoms with Crippen LogP contribution in [0.4, 0.5) is 4.79 Å². The smallest absolute Gasteiger partial charge is 0.410 e. The van der Waals surface area contributed by atoms with E-state index in [0.717, 1.165) is 0 Å². The van der Waals surface area contributed by atoms with Gasteiger partial charge in [-0.05, 0) is 46.0 Å². The first-order chi connectivity index (χ1) is 11.0. The van der Waals surface area contributed by atoms with Crippen molar-refractivity contribution in [3.63, 3.8) is 0 Å². The molecule has 7 heteroatoms. The molecule has 2 amide bonds. The molecule has 0 radical (unpaired) electrons. The lowest BCUT2D eigenvalue weighted by Gasteiger charge is -2.34. The predicted molar refractivity (Wildman–Crippen MR) is 89.6 cm³/mol. The van der Waals surface area contributed by atoms with Crippen LogP contribution in [0.3, 0.4) is 0 Å². The lowest BCUT2D eigenvalue weighted by molar-refractivity contribution is -0.143. The van der Waals surface area contributed by atoms with Crippen molar-refractivity contribution in [1.82, 2.24) is 10.2 Å². The van der Waals surface area contributed by atoms with Gasteiger partial charge in [-0.1, -0.05) is 13.8 Å². The summed E-state index contributed by atoms with van der Waals surface area (Å²) in [6.45, 7) is 10.0. The number of likely N-dealkylation sites (tertiary alicyclic amines) is 1. The lowest BCUT2D eigenvalue weighted by Crippen LogP contribution is -2.50. The summed E-state index contributed by atoms with van der Waals surface area (Å²) in [7, 11) is 0. The van der Waals surface area contributed by atoms with Crippen LogP contribution in [0.25, 0.3) is 0 Å². The quantitative estimate of drug-likeness (QED) is 0.799. The zero-order valence-electron chi connectivity index (χ0n) is 15.3. The molecule has 1 unspecified atom stereocenters. The zero-order chi connectivity index (χ0) is 18.5. The van der Waals surface area contributed by atoms with Crippen molar-refractivity contribution in [3.8, 4) is 0 Å². The number of nitrogens with one attached hydrogen (secondary N) is 1. The number of amides is 2. The third-order valence-electron chi connectivity index (χ3n) is 3.77. The second kappa shape index (κ2) is 8.35. The number of aliphatic carboxylic acids is 1. The molecule has 1 fully saturated rings. The number of rotatable bonds is 5. The fourth-order valence-electron chi connectivity index (χ4n) is 2.67. The maximum absolute atomic E-state index is 12.4. The van der Waals surface area contributed by atoms with Crippen LogP contribution >= 0.6 is 0 Å². The van der Waals surface area contributed by atoms with Gasteiger partial charge in [-0.15, -0.1) is 0 Å². The van der Waals surface area contributed by atoms with E-state index in [0.29, 0.717) is 25.8 Å². The first-order valence-corrected chi connectivity index (χ1v) is 8.50. The van der Waals surface area contributed by atoms with Gasteiger partial charge in [0.25, 0.3) is 0 Å². The Labute approximate surface area is 143 Å². The van der Waals surface area contributed by atoms with E-state index in [-0.39, 0.29) is 18.4 Å². The van der Waals surface area contributed by atoms with Gasteiger partial charge in [-0.3, -0.25) is 4.79 Å². The SMILES string of the molecule is CC(C)C[C@H](NC(=O)C1CCCN(C(=O)OC(C)(C)C)C1)C(=O)O. The highest BCUT2D eigenvalue weighted by atomic mass is 16.6. The van der Waals surface area contributed by atoms with Gasteiger partial charge in [-0.25, -0.2) is 9.59 Å². The van der Waals surface area contributed by atoms with E-state index < -0.39 is 29.6 Å². The van der Waals surface area contributed by atoms with E-state index in [9.17, 15) is 19.5 Å². The summed E-state index contributed by atoms with van der Waals surface area (Å²) in [6, 6.07) is -0.894. The molecular weight excluding hydrogens is 312 g/mol. The first kappa shape index (κ1) is 20.3. The lowest BCUT2D eigenvalue weighted by atomic mass is 9.96. The summed E-state index contributed by atoms with van der Waals surface area (Å²) in [4.78, 5) is 37.3. The Morgan fingerprint density at radius 1 is 1.29 bits per heavy atom. The van der Waals surface area contributed by atoms with Gasteiger partial charge in [0.2, 0.25) is 5.91 Å². The molecule has 1 heterocycles. The average Bonchev–Trinajstić information content (AvgIpc) is 2.44. The van der Waals surface area contributed by atoms with E-state index in [1.807, 2.05) is 13.8 Å². The average molecular weight is 342 g/mol. The number of hydrogen-bond donors (Lipinski definition) is 2. The highest BCUT2D eigenvalue weighted by Gasteiger charge is 2.32. The van der Waals surface area contributed by atoms with Crippen LogP contribution in [0.2, 0.25) is 0 Å². The van der Waals surface area contributed by atoms with Gasteiger partial charge in [0.15, 0.2) is 0 Å². The fraction of sp³-hybridized carbons (Fsp3) is 0.824. The first-order valence-electron chi connectivity index (χ1n) is 8.50. The minimum absolute atomic E-state index is 0.163. The van der Waals surface area contributed by atoms with Crippen molar-refractivity contribution in [2.45, 2.75) is 65.5 Å². The molecule has 2 atom stereocenters. The molecule has 1 aliphatic heterocycles. The summed E-state index contributed by atoms with van der Waals surface area (Å²) >= 11 is 0. The standard InChI is InChI=1S/C17H30N2O5/c1-11(2)9-13(15(21)22)18-14(20)12-7-6-8-19(10-12)16(23)24-17(3,4)5/h11-13H,6-10H2,1-5H3,(H,18,20)(H,21,22)/t12?,13-/m0/s1. The number of carbonyl (C=O) groups is 3. The van der Waals surface area contributed by atoms with Crippen LogP contribution < -0.4 is 5.32 Å². The van der Waals surface area contributed by atoms with Crippen LogP contribution in [-0.2, 0) is 14.3 Å². The molecule has 1 aliphatic rings. The molecule has 0 spiro atoms. The Kier molecular flexibility index (Phi) is 7.05. The predicted octanol–water partition coefficient (Wildman–Crippen LogP) is 2.25. The Bertz CT molecular complexity index is 470. The summed E-state index contributed by atoms with van der Waals surface area (Å²) in [5.41, 5.74) is -0.585. The van der Waals surface area contributed by atoms with Crippen molar-refractivity contribution in [2.75, 3.05) is 13.1 Å². The molecular formula is C17H30N2O5. The van der Waals surface area contributed by atoms with Crippen LogP contribution in [0.15, 0.2) is 0 Å². The minimum Gasteiger partial charge on any atom is -0.480 e. The van der Waals surface area contributed by atoms with Gasteiger partial charge in [0.05, 0.1) is 5.92 Å². The molecule has 0 aromatic rings. The summed E-state index contributed by atoms with van der Waals surface area (Å²) in [6.07, 6.45) is 1.28. The normalized spacial score (nSPS) is 19.8. The number of piperidine rings is 1. The fourth-order valence-corrected chi connectivity index (χ4v) is 2.67. The molecule has 7 nitrogen and oxygen atoms in total. The summed E-state index contributed by atoms with van der Waals surface area (Å²) in [5, 5.41) is 11.8. The van der Waals surface area contributed by atoms with Crippen molar-refractivity contribution in [2.24, 2.45) is 11.8 Å². The molecule has 0 bridgehead atoms. The molecule has 1 rings (SSSR count). The van der Waals surface area contributed by atoms with Crippen molar-refractivity contribution >= 4 is 18.0 Å². The van der Waals surface area contributed by atoms with Crippen LogP contribution in [0, 0.1) is 11.8 Å². The Morgan fingerprint density at radius 3 is 2.42 bits per heavy atom. The number of nitrogens with zero attached hydrogens (tertiary/aromatic N) is 1. The van der Waals surface area contributed by atoms with Crippen molar-refractivity contribution < 1.29 is 24.2 Å².